The molecule has 1 saturated heterocycles. The average Bonchev–Trinajstić information content (AvgIpc) is 3.56. The van der Waals surface area contributed by atoms with Crippen molar-refractivity contribution in [3.63, 3.8) is 0 Å². The predicted octanol–water partition coefficient (Wildman–Crippen LogP) is 1.36. The van der Waals surface area contributed by atoms with Crippen molar-refractivity contribution in [2.45, 2.75) is 81.5 Å². The maximum absolute atomic E-state index is 13.5. The molecule has 4 fully saturated rings. The fourth-order valence-electron chi connectivity index (χ4n) is 5.76. The smallest absolute Gasteiger partial charge is 0.405 e. The first-order valence-corrected chi connectivity index (χ1v) is 13.5. The number of carbonyl (C=O) groups is 4. The summed E-state index contributed by atoms with van der Waals surface area (Å²) in [7, 11) is -5.82. The van der Waals surface area contributed by atoms with E-state index in [9.17, 15) is 36.4 Å². The highest BCUT2D eigenvalue weighted by molar-refractivity contribution is 7.86. The molecule has 3 saturated carbocycles. The number of alkyl halides is 2. The minimum atomic E-state index is -5.82. The van der Waals surface area contributed by atoms with Crippen molar-refractivity contribution in [3.8, 4) is 0 Å². The van der Waals surface area contributed by atoms with Crippen LogP contribution in [-0.2, 0) is 53.0 Å². The normalized spacial score (nSPS) is 31.7. The van der Waals surface area contributed by atoms with Crippen molar-refractivity contribution < 1.29 is 64.6 Å². The Balaban J connectivity index is 1.29. The quantitative estimate of drug-likeness (QED) is 0.169. The topological polar surface area (TPSA) is 169 Å². The molecule has 37 heavy (non-hydrogen) atoms. The third kappa shape index (κ3) is 5.43. The molecule has 4 rings (SSSR count). The summed E-state index contributed by atoms with van der Waals surface area (Å²) < 4.78 is 83.0. The fourth-order valence-corrected chi connectivity index (χ4v) is 6.23. The molecule has 0 aromatic rings. The van der Waals surface area contributed by atoms with Crippen LogP contribution in [0.5, 0.6) is 0 Å². The summed E-state index contributed by atoms with van der Waals surface area (Å²) in [5.41, 5.74) is 0. The lowest BCUT2D eigenvalue weighted by Gasteiger charge is -2.30. The van der Waals surface area contributed by atoms with Gasteiger partial charge in [0, 0.05) is 11.8 Å². The van der Waals surface area contributed by atoms with Gasteiger partial charge in [0.15, 0.2) is 12.9 Å². The molecule has 0 aromatic heterocycles. The number of hydrogen-bond acceptors (Lipinski definition) is 11. The van der Waals surface area contributed by atoms with Gasteiger partial charge in [-0.15, -0.1) is 0 Å². The van der Waals surface area contributed by atoms with Crippen LogP contribution in [-0.4, -0.2) is 73.3 Å². The second-order valence-electron chi connectivity index (χ2n) is 9.79. The number of ether oxygens (including phenoxy) is 5. The lowest BCUT2D eigenvalue weighted by molar-refractivity contribution is -0.175. The van der Waals surface area contributed by atoms with Crippen LogP contribution in [0.2, 0.25) is 0 Å². The van der Waals surface area contributed by atoms with Gasteiger partial charge in [-0.05, 0) is 26.2 Å². The third-order valence-electron chi connectivity index (χ3n) is 7.55. The highest BCUT2D eigenvalue weighted by Crippen LogP contribution is 2.59. The Morgan fingerprint density at radius 1 is 1.14 bits per heavy atom. The van der Waals surface area contributed by atoms with E-state index in [1.807, 2.05) is 0 Å². The van der Waals surface area contributed by atoms with Crippen LogP contribution in [0.4, 0.5) is 8.78 Å². The van der Waals surface area contributed by atoms with E-state index < -0.39 is 88.2 Å². The molecule has 1 N–H and O–H groups in total. The lowest BCUT2D eigenvalue weighted by Crippen LogP contribution is -2.44. The van der Waals surface area contributed by atoms with Gasteiger partial charge in [-0.3, -0.25) is 23.7 Å². The van der Waals surface area contributed by atoms with E-state index in [2.05, 4.69) is 4.74 Å². The molecule has 0 spiro atoms. The van der Waals surface area contributed by atoms with E-state index in [1.165, 1.54) is 0 Å². The Morgan fingerprint density at radius 2 is 1.78 bits per heavy atom. The molecular weight excluding hydrogens is 526 g/mol. The molecule has 7 atom stereocenters. The number of rotatable bonds is 11. The first-order chi connectivity index (χ1) is 17.3. The van der Waals surface area contributed by atoms with E-state index in [1.54, 1.807) is 0 Å². The first kappa shape index (κ1) is 27.6. The molecular formula is C22H28F2O12S. The number of esters is 4. The predicted molar refractivity (Wildman–Crippen MR) is 114 cm³/mol. The van der Waals surface area contributed by atoms with Crippen LogP contribution in [0.25, 0.3) is 0 Å². The van der Waals surface area contributed by atoms with Crippen molar-refractivity contribution in [1.29, 1.82) is 0 Å². The van der Waals surface area contributed by atoms with Crippen LogP contribution >= 0.6 is 0 Å². The minimum Gasteiger partial charge on any atom is -0.458 e. The van der Waals surface area contributed by atoms with Crippen molar-refractivity contribution in [1.82, 2.24) is 0 Å². The van der Waals surface area contributed by atoms with Crippen LogP contribution in [0, 0.1) is 23.7 Å². The number of carbonyl (C=O) groups excluding carboxylic acids is 4. The van der Waals surface area contributed by atoms with Gasteiger partial charge in [0.25, 0.3) is 0 Å². The Hall–Kier alpha value is -2.39. The molecule has 1 heterocycles. The maximum Gasteiger partial charge on any atom is 0.405 e. The highest BCUT2D eigenvalue weighted by Gasteiger charge is 2.70. The Morgan fingerprint density at radius 3 is 2.43 bits per heavy atom. The zero-order valence-corrected chi connectivity index (χ0v) is 20.7. The van der Waals surface area contributed by atoms with Gasteiger partial charge in [-0.1, -0.05) is 12.8 Å². The molecule has 4 aliphatic rings. The molecule has 0 radical (unpaired) electrons. The van der Waals surface area contributed by atoms with Crippen molar-refractivity contribution in [3.05, 3.63) is 0 Å². The van der Waals surface area contributed by atoms with Crippen molar-refractivity contribution in [2.24, 2.45) is 23.7 Å². The Bertz CT molecular complexity index is 1040. The molecule has 15 heteroatoms. The number of fused-ring (bicyclic) bond motifs is 1. The number of halogens is 2. The minimum absolute atomic E-state index is 0.0244. The Kier molecular flexibility index (Phi) is 7.77. The zero-order valence-electron chi connectivity index (χ0n) is 19.9. The molecule has 7 unspecified atom stereocenters. The van der Waals surface area contributed by atoms with E-state index in [0.29, 0.717) is 13.3 Å². The molecule has 3 aliphatic carbocycles. The zero-order chi connectivity index (χ0) is 27.1. The van der Waals surface area contributed by atoms with E-state index >= 15 is 0 Å². The first-order valence-electron chi connectivity index (χ1n) is 12.0. The summed E-state index contributed by atoms with van der Waals surface area (Å²) in [6.45, 7) is 0.326. The second kappa shape index (κ2) is 10.4. The summed E-state index contributed by atoms with van der Waals surface area (Å²) in [6.07, 6.45) is -1.25. The molecule has 208 valence electrons. The summed E-state index contributed by atoms with van der Waals surface area (Å²) in [6, 6.07) is 0. The van der Waals surface area contributed by atoms with Gasteiger partial charge in [-0.25, -0.2) is 0 Å². The van der Waals surface area contributed by atoms with Crippen molar-refractivity contribution in [2.75, 3.05) is 6.79 Å². The van der Waals surface area contributed by atoms with Gasteiger partial charge >= 0.3 is 39.2 Å². The van der Waals surface area contributed by atoms with Gasteiger partial charge in [0.1, 0.15) is 12.2 Å². The van der Waals surface area contributed by atoms with E-state index in [-0.39, 0.29) is 18.8 Å². The highest BCUT2D eigenvalue weighted by atomic mass is 32.2. The molecule has 2 bridgehead atoms. The van der Waals surface area contributed by atoms with Gasteiger partial charge in [0.2, 0.25) is 0 Å². The summed E-state index contributed by atoms with van der Waals surface area (Å²) in [5, 5.41) is -4.74. The molecule has 12 nitrogen and oxygen atoms in total. The molecule has 0 amide bonds. The largest absolute Gasteiger partial charge is 0.458 e. The monoisotopic (exact) mass is 554 g/mol. The maximum atomic E-state index is 13.5. The molecule has 0 aromatic carbocycles. The second-order valence-corrected chi connectivity index (χ2v) is 11.3. The van der Waals surface area contributed by atoms with Crippen molar-refractivity contribution >= 4 is 34.0 Å². The SMILES string of the molecule is CC(OC(=O)CCC(=O)OC1C2CC3C1OC(=O)C3C2C(=O)OCOC1CCCC1)C(F)(F)S(=O)(=O)O. The fraction of sp³-hybridized carbons (Fsp3) is 0.818. The third-order valence-corrected chi connectivity index (χ3v) is 8.57. The van der Waals surface area contributed by atoms with Gasteiger partial charge in [-0.2, -0.15) is 17.2 Å². The average molecular weight is 555 g/mol. The summed E-state index contributed by atoms with van der Waals surface area (Å²) in [4.78, 5) is 49.4. The van der Waals surface area contributed by atoms with Crippen LogP contribution < -0.4 is 0 Å². The number of hydrogen-bond donors (Lipinski definition) is 1. The summed E-state index contributed by atoms with van der Waals surface area (Å²) >= 11 is 0. The van der Waals surface area contributed by atoms with Crippen LogP contribution in [0.15, 0.2) is 0 Å². The van der Waals surface area contributed by atoms with Crippen LogP contribution in [0.3, 0.4) is 0 Å². The van der Waals surface area contributed by atoms with E-state index in [4.69, 9.17) is 23.5 Å². The lowest BCUT2D eigenvalue weighted by atomic mass is 9.78. The standard InChI is InChI=1S/C22H28F2O12S/c1-10(22(23,24)37(29,30)31)34-14(25)6-7-15(26)35-18-12-8-13-17(21(28)36-19(13)18)16(12)20(27)33-9-32-11-4-2-3-5-11/h10-13,16-19H,2-9H2,1H3,(H,29,30,31). The van der Waals surface area contributed by atoms with Gasteiger partial charge < -0.3 is 23.7 Å². The molecule has 1 aliphatic heterocycles. The Labute approximate surface area is 211 Å². The van der Waals surface area contributed by atoms with Crippen LogP contribution in [0.1, 0.15) is 51.9 Å². The van der Waals surface area contributed by atoms with E-state index in [0.717, 1.165) is 25.7 Å². The van der Waals surface area contributed by atoms with Gasteiger partial charge in [0.05, 0.1) is 30.8 Å². The summed E-state index contributed by atoms with van der Waals surface area (Å²) in [5.74, 6) is -5.94.